The number of pyridine rings is 1. The fraction of sp³-hybridized carbons (Fsp3) is 0.0435. The first-order chi connectivity index (χ1) is 14.8. The number of anilines is 2. The number of ether oxygens (including phenoxy) is 1. The Morgan fingerprint density at radius 3 is 2.37 bits per heavy atom. The molecule has 2 N–H and O–H groups in total. The monoisotopic (exact) mass is 397 g/mol. The van der Waals surface area contributed by atoms with Crippen molar-refractivity contribution in [1.82, 2.24) is 15.0 Å². The van der Waals surface area contributed by atoms with Crippen molar-refractivity contribution in [2.24, 2.45) is 0 Å². The third kappa shape index (κ3) is 5.17. The van der Waals surface area contributed by atoms with Crippen LogP contribution in [0.1, 0.15) is 16.1 Å². The van der Waals surface area contributed by atoms with Gasteiger partial charge in [0.1, 0.15) is 29.3 Å². The molecule has 0 fully saturated rings. The Hall–Kier alpha value is -4.26. The number of benzene rings is 2. The first-order valence-electron chi connectivity index (χ1n) is 9.35. The molecule has 2 aromatic carbocycles. The van der Waals surface area contributed by atoms with Crippen LogP contribution in [0.4, 0.5) is 11.5 Å². The number of hydrogen-bond donors (Lipinski definition) is 2. The van der Waals surface area contributed by atoms with Gasteiger partial charge in [0, 0.05) is 30.7 Å². The number of rotatable bonds is 7. The summed E-state index contributed by atoms with van der Waals surface area (Å²) in [5, 5.41) is 6.00. The number of nitrogens with one attached hydrogen (secondary N) is 2. The van der Waals surface area contributed by atoms with Crippen LogP contribution < -0.4 is 15.4 Å². The van der Waals surface area contributed by atoms with Crippen molar-refractivity contribution in [3.63, 3.8) is 0 Å². The molecular formula is C23H19N5O2. The van der Waals surface area contributed by atoms with Gasteiger partial charge >= 0.3 is 0 Å². The zero-order chi connectivity index (χ0) is 20.6. The molecule has 30 heavy (non-hydrogen) atoms. The molecule has 0 spiro atoms. The zero-order valence-corrected chi connectivity index (χ0v) is 16.0. The van der Waals surface area contributed by atoms with Gasteiger partial charge in [-0.1, -0.05) is 18.2 Å². The van der Waals surface area contributed by atoms with Crippen molar-refractivity contribution >= 4 is 17.4 Å². The molecule has 0 saturated heterocycles. The van der Waals surface area contributed by atoms with Crippen LogP contribution >= 0.6 is 0 Å². The van der Waals surface area contributed by atoms with Gasteiger partial charge in [0.2, 0.25) is 0 Å². The summed E-state index contributed by atoms with van der Waals surface area (Å²) in [5.41, 5.74) is 1.98. The molecule has 0 unspecified atom stereocenters. The summed E-state index contributed by atoms with van der Waals surface area (Å²) in [6.07, 6.45) is 4.82. The lowest BCUT2D eigenvalue weighted by Crippen LogP contribution is -2.14. The molecule has 0 aliphatic rings. The normalized spacial score (nSPS) is 10.3. The van der Waals surface area contributed by atoms with Crippen LogP contribution in [0.5, 0.6) is 11.5 Å². The Kier molecular flexibility index (Phi) is 5.91. The van der Waals surface area contributed by atoms with Crippen molar-refractivity contribution in [2.75, 3.05) is 10.6 Å². The molecule has 0 bridgehead atoms. The van der Waals surface area contributed by atoms with E-state index in [1.165, 1.54) is 6.33 Å². The molecule has 2 heterocycles. The van der Waals surface area contributed by atoms with Gasteiger partial charge in [0.15, 0.2) is 0 Å². The molecule has 0 atom stereocenters. The lowest BCUT2D eigenvalue weighted by Gasteiger charge is -2.09. The standard InChI is InChI=1S/C23H19N5O2/c29-23(21-14-22(27-16-26-21)25-15-17-10-12-24-13-11-17)28-18-6-8-20(9-7-18)30-19-4-2-1-3-5-19/h1-14,16H,15H2,(H,28,29)(H,25,26,27). The molecule has 4 rings (SSSR count). The van der Waals surface area contributed by atoms with E-state index in [0.29, 0.717) is 23.8 Å². The van der Waals surface area contributed by atoms with Crippen LogP contribution in [-0.4, -0.2) is 20.9 Å². The summed E-state index contributed by atoms with van der Waals surface area (Å²) < 4.78 is 5.76. The lowest BCUT2D eigenvalue weighted by molar-refractivity contribution is 0.102. The van der Waals surface area contributed by atoms with Crippen LogP contribution in [0.25, 0.3) is 0 Å². The van der Waals surface area contributed by atoms with Gasteiger partial charge in [-0.05, 0) is 54.1 Å². The quantitative estimate of drug-likeness (QED) is 0.476. The summed E-state index contributed by atoms with van der Waals surface area (Å²) in [6, 6.07) is 22.1. The maximum Gasteiger partial charge on any atom is 0.274 e. The molecule has 148 valence electrons. The SMILES string of the molecule is O=C(Nc1ccc(Oc2ccccc2)cc1)c1cc(NCc2ccncc2)ncn1. The number of carbonyl (C=O) groups is 1. The van der Waals surface area contributed by atoms with E-state index in [-0.39, 0.29) is 11.6 Å². The highest BCUT2D eigenvalue weighted by Crippen LogP contribution is 2.22. The van der Waals surface area contributed by atoms with Crippen LogP contribution in [0.2, 0.25) is 0 Å². The Morgan fingerprint density at radius 1 is 0.867 bits per heavy atom. The van der Waals surface area contributed by atoms with E-state index in [4.69, 9.17) is 4.74 Å². The number of amides is 1. The summed E-state index contributed by atoms with van der Waals surface area (Å²) in [6.45, 7) is 0.573. The Morgan fingerprint density at radius 2 is 1.60 bits per heavy atom. The van der Waals surface area contributed by atoms with Gasteiger partial charge in [0.05, 0.1) is 0 Å². The van der Waals surface area contributed by atoms with Crippen molar-refractivity contribution < 1.29 is 9.53 Å². The second kappa shape index (κ2) is 9.29. The fourth-order valence-corrected chi connectivity index (χ4v) is 2.70. The van der Waals surface area contributed by atoms with Crippen molar-refractivity contribution in [2.45, 2.75) is 6.54 Å². The molecule has 0 aliphatic heterocycles. The molecule has 4 aromatic rings. The largest absolute Gasteiger partial charge is 0.457 e. The van der Waals surface area contributed by atoms with Gasteiger partial charge in [0.25, 0.3) is 5.91 Å². The first kappa shape index (κ1) is 19.1. The average Bonchev–Trinajstić information content (AvgIpc) is 2.80. The van der Waals surface area contributed by atoms with Crippen LogP contribution in [-0.2, 0) is 6.54 Å². The van der Waals surface area contributed by atoms with E-state index in [1.807, 2.05) is 42.5 Å². The van der Waals surface area contributed by atoms with Gasteiger partial charge < -0.3 is 15.4 Å². The van der Waals surface area contributed by atoms with E-state index in [2.05, 4.69) is 25.6 Å². The van der Waals surface area contributed by atoms with Gasteiger partial charge in [-0.25, -0.2) is 9.97 Å². The minimum atomic E-state index is -0.318. The molecule has 7 heteroatoms. The Balaban J connectivity index is 1.36. The van der Waals surface area contributed by atoms with E-state index in [9.17, 15) is 4.79 Å². The number of hydrogen-bond acceptors (Lipinski definition) is 6. The predicted octanol–water partition coefficient (Wildman–Crippen LogP) is 4.53. The first-order valence-corrected chi connectivity index (χ1v) is 9.35. The molecule has 7 nitrogen and oxygen atoms in total. The average molecular weight is 397 g/mol. The highest BCUT2D eigenvalue weighted by Gasteiger charge is 2.09. The van der Waals surface area contributed by atoms with Crippen molar-refractivity contribution in [3.05, 3.63) is 103 Å². The van der Waals surface area contributed by atoms with Gasteiger partial charge in [-0.2, -0.15) is 0 Å². The van der Waals surface area contributed by atoms with E-state index >= 15 is 0 Å². The molecule has 2 aromatic heterocycles. The number of carbonyl (C=O) groups excluding carboxylic acids is 1. The molecule has 0 saturated carbocycles. The maximum absolute atomic E-state index is 12.5. The maximum atomic E-state index is 12.5. The summed E-state index contributed by atoms with van der Waals surface area (Å²) in [4.78, 5) is 24.8. The molecule has 1 amide bonds. The summed E-state index contributed by atoms with van der Waals surface area (Å²) >= 11 is 0. The third-order valence-electron chi connectivity index (χ3n) is 4.21. The minimum absolute atomic E-state index is 0.270. The lowest BCUT2D eigenvalue weighted by atomic mass is 10.2. The Labute approximate surface area is 173 Å². The number of para-hydroxylation sites is 1. The molecule has 0 radical (unpaired) electrons. The zero-order valence-electron chi connectivity index (χ0n) is 16.0. The van der Waals surface area contributed by atoms with Crippen molar-refractivity contribution in [1.29, 1.82) is 0 Å². The van der Waals surface area contributed by atoms with Gasteiger partial charge in [-0.15, -0.1) is 0 Å². The van der Waals surface area contributed by atoms with E-state index < -0.39 is 0 Å². The molecule has 0 aliphatic carbocycles. The van der Waals surface area contributed by atoms with Crippen LogP contribution in [0.3, 0.4) is 0 Å². The predicted molar refractivity (Wildman–Crippen MR) is 115 cm³/mol. The second-order valence-corrected chi connectivity index (χ2v) is 6.39. The number of aromatic nitrogens is 3. The minimum Gasteiger partial charge on any atom is -0.457 e. The number of nitrogens with zero attached hydrogens (tertiary/aromatic N) is 3. The van der Waals surface area contributed by atoms with Crippen LogP contribution in [0.15, 0.2) is 91.5 Å². The summed E-state index contributed by atoms with van der Waals surface area (Å²) in [7, 11) is 0. The van der Waals surface area contributed by atoms with Crippen molar-refractivity contribution in [3.8, 4) is 11.5 Å². The summed E-state index contributed by atoms with van der Waals surface area (Å²) in [5.74, 6) is 1.69. The highest BCUT2D eigenvalue weighted by atomic mass is 16.5. The molecular weight excluding hydrogens is 378 g/mol. The Bertz CT molecular complexity index is 1100. The van der Waals surface area contributed by atoms with Gasteiger partial charge in [-0.3, -0.25) is 9.78 Å². The second-order valence-electron chi connectivity index (χ2n) is 6.39. The fourth-order valence-electron chi connectivity index (χ4n) is 2.70. The topological polar surface area (TPSA) is 89.0 Å². The third-order valence-corrected chi connectivity index (χ3v) is 4.21. The van der Waals surface area contributed by atoms with E-state index in [1.54, 1.807) is 42.7 Å². The highest BCUT2D eigenvalue weighted by molar-refractivity contribution is 6.03. The van der Waals surface area contributed by atoms with Crippen LogP contribution in [0, 0.1) is 0 Å². The van der Waals surface area contributed by atoms with E-state index in [0.717, 1.165) is 11.3 Å². The smallest absolute Gasteiger partial charge is 0.274 e.